The zero-order valence-corrected chi connectivity index (χ0v) is 20.4. The van der Waals surface area contributed by atoms with Crippen LogP contribution >= 0.6 is 0 Å². The molecule has 0 N–H and O–H groups in total. The Bertz CT molecular complexity index is 937. The summed E-state index contributed by atoms with van der Waals surface area (Å²) in [4.78, 5) is 17.6. The fraction of sp³-hybridized carbons (Fsp3) is 0.615. The van der Waals surface area contributed by atoms with E-state index in [4.69, 9.17) is 14.0 Å². The lowest BCUT2D eigenvalue weighted by molar-refractivity contribution is -0.135. The van der Waals surface area contributed by atoms with Crippen LogP contribution in [0, 0.1) is 12.3 Å². The third kappa shape index (κ3) is 6.15. The maximum atomic E-state index is 13.4. The molecule has 2 aliphatic rings. The predicted octanol–water partition coefficient (Wildman–Crippen LogP) is 4.43. The highest BCUT2D eigenvalue weighted by molar-refractivity contribution is 5.78. The van der Waals surface area contributed by atoms with Crippen LogP contribution in [0.25, 0.3) is 11.3 Å². The largest absolute Gasteiger partial charge is 0.378 e. The summed E-state index contributed by atoms with van der Waals surface area (Å²) in [5.41, 5.74) is 3.85. The number of rotatable bonds is 7. The third-order valence-electron chi connectivity index (χ3n) is 6.19. The van der Waals surface area contributed by atoms with Crippen molar-refractivity contribution in [2.75, 3.05) is 44.4 Å². The summed E-state index contributed by atoms with van der Waals surface area (Å²) in [6.07, 6.45) is 2.61. The van der Waals surface area contributed by atoms with Crippen LogP contribution in [-0.2, 0) is 20.8 Å². The van der Waals surface area contributed by atoms with Crippen LogP contribution in [0.1, 0.15) is 51.2 Å². The molecule has 2 aliphatic heterocycles. The molecule has 3 heterocycles. The number of carbonyl (C=O) groups excluding carboxylic acids is 1. The van der Waals surface area contributed by atoms with Gasteiger partial charge in [-0.05, 0) is 31.2 Å². The molecule has 0 spiro atoms. The Kier molecular flexibility index (Phi) is 7.39. The van der Waals surface area contributed by atoms with Crippen molar-refractivity contribution in [3.05, 3.63) is 35.4 Å². The van der Waals surface area contributed by atoms with E-state index >= 15 is 0 Å². The van der Waals surface area contributed by atoms with Gasteiger partial charge in [0.1, 0.15) is 5.69 Å². The van der Waals surface area contributed by atoms with E-state index in [2.05, 4.69) is 56.0 Å². The number of hydrogen-bond donors (Lipinski definition) is 0. The molecule has 1 aromatic carbocycles. The fourth-order valence-corrected chi connectivity index (χ4v) is 4.52. The summed E-state index contributed by atoms with van der Waals surface area (Å²) in [6, 6.07) is 8.28. The Morgan fingerprint density at radius 3 is 2.67 bits per heavy atom. The molecule has 7 nitrogen and oxygen atoms in total. The van der Waals surface area contributed by atoms with E-state index < -0.39 is 0 Å². The van der Waals surface area contributed by atoms with E-state index in [0.717, 1.165) is 60.8 Å². The van der Waals surface area contributed by atoms with E-state index in [0.29, 0.717) is 32.7 Å². The van der Waals surface area contributed by atoms with Crippen molar-refractivity contribution in [1.29, 1.82) is 0 Å². The van der Waals surface area contributed by atoms with Crippen molar-refractivity contribution in [3.8, 4) is 11.3 Å². The topological polar surface area (TPSA) is 68.0 Å². The predicted molar refractivity (Wildman–Crippen MR) is 128 cm³/mol. The van der Waals surface area contributed by atoms with Gasteiger partial charge in [-0.2, -0.15) is 0 Å². The molecule has 0 saturated carbocycles. The third-order valence-corrected chi connectivity index (χ3v) is 6.19. The first kappa shape index (κ1) is 23.8. The molecule has 1 aromatic heterocycles. The van der Waals surface area contributed by atoms with Crippen LogP contribution in [0.4, 0.5) is 5.88 Å². The summed E-state index contributed by atoms with van der Waals surface area (Å²) in [6.45, 7) is 13.0. The molecule has 7 heteroatoms. The molecule has 0 radical (unpaired) electrons. The minimum absolute atomic E-state index is 0.0861. The van der Waals surface area contributed by atoms with Crippen molar-refractivity contribution in [1.82, 2.24) is 10.1 Å². The average Bonchev–Trinajstić information content (AvgIpc) is 3.43. The standard InChI is InChI=1S/C26H37N3O4/c1-19-7-5-8-20(15-19)24-22(25(33-27-24)28-10-13-31-14-11-28)18-29(17-21-9-6-12-32-21)23(30)16-26(2,3)4/h5,7-8,15,21H,6,9-14,16-18H2,1-4H3. The first-order chi connectivity index (χ1) is 15.8. The molecule has 2 aromatic rings. The first-order valence-electron chi connectivity index (χ1n) is 12.1. The van der Waals surface area contributed by atoms with Crippen molar-refractivity contribution in [3.63, 3.8) is 0 Å². The van der Waals surface area contributed by atoms with Crippen LogP contribution in [0.5, 0.6) is 0 Å². The van der Waals surface area contributed by atoms with Crippen LogP contribution in [0.2, 0.25) is 0 Å². The zero-order chi connectivity index (χ0) is 23.4. The smallest absolute Gasteiger partial charge is 0.233 e. The second-order valence-electron chi connectivity index (χ2n) is 10.4. The number of amides is 1. The van der Waals surface area contributed by atoms with Crippen LogP contribution in [0.15, 0.2) is 28.8 Å². The molecule has 2 saturated heterocycles. The molecule has 2 fully saturated rings. The number of ether oxygens (including phenoxy) is 2. The minimum Gasteiger partial charge on any atom is -0.378 e. The van der Waals surface area contributed by atoms with Gasteiger partial charge in [0.15, 0.2) is 0 Å². The highest BCUT2D eigenvalue weighted by Gasteiger charge is 2.30. The quantitative estimate of drug-likeness (QED) is 0.615. The molecule has 1 amide bonds. The Morgan fingerprint density at radius 2 is 2.00 bits per heavy atom. The van der Waals surface area contributed by atoms with Gasteiger partial charge in [-0.1, -0.05) is 49.7 Å². The summed E-state index contributed by atoms with van der Waals surface area (Å²) in [5.74, 6) is 0.887. The maximum absolute atomic E-state index is 13.4. The zero-order valence-electron chi connectivity index (χ0n) is 20.4. The summed E-state index contributed by atoms with van der Waals surface area (Å²) < 4.78 is 17.4. The van der Waals surface area contributed by atoms with Crippen LogP contribution in [-0.4, -0.2) is 61.5 Å². The number of benzene rings is 1. The minimum atomic E-state index is -0.0904. The molecular formula is C26H37N3O4. The van der Waals surface area contributed by atoms with Gasteiger partial charge >= 0.3 is 0 Å². The normalized spacial score (nSPS) is 19.2. The van der Waals surface area contributed by atoms with E-state index in [1.54, 1.807) is 0 Å². The summed E-state index contributed by atoms with van der Waals surface area (Å²) in [5, 5.41) is 4.49. The molecule has 4 rings (SSSR count). The number of carbonyl (C=O) groups is 1. The molecular weight excluding hydrogens is 418 g/mol. The van der Waals surface area contributed by atoms with E-state index in [1.807, 2.05) is 11.0 Å². The van der Waals surface area contributed by atoms with Gasteiger partial charge in [0, 0.05) is 38.2 Å². The van der Waals surface area contributed by atoms with E-state index in [-0.39, 0.29) is 17.4 Å². The van der Waals surface area contributed by atoms with Crippen molar-refractivity contribution in [2.24, 2.45) is 5.41 Å². The average molecular weight is 456 g/mol. The van der Waals surface area contributed by atoms with Gasteiger partial charge in [0.05, 0.1) is 31.4 Å². The first-order valence-corrected chi connectivity index (χ1v) is 12.1. The maximum Gasteiger partial charge on any atom is 0.233 e. The highest BCUT2D eigenvalue weighted by atomic mass is 16.5. The van der Waals surface area contributed by atoms with E-state index in [1.165, 1.54) is 0 Å². The van der Waals surface area contributed by atoms with Crippen molar-refractivity contribution < 1.29 is 18.8 Å². The van der Waals surface area contributed by atoms with Gasteiger partial charge in [-0.25, -0.2) is 0 Å². The summed E-state index contributed by atoms with van der Waals surface area (Å²) >= 11 is 0. The molecule has 1 unspecified atom stereocenters. The molecule has 1 atom stereocenters. The lowest BCUT2D eigenvalue weighted by atomic mass is 9.91. The molecule has 33 heavy (non-hydrogen) atoms. The fourth-order valence-electron chi connectivity index (χ4n) is 4.52. The number of anilines is 1. The lowest BCUT2D eigenvalue weighted by Crippen LogP contribution is -2.40. The van der Waals surface area contributed by atoms with Crippen LogP contribution < -0.4 is 4.90 Å². The van der Waals surface area contributed by atoms with Gasteiger partial charge in [0.2, 0.25) is 11.8 Å². The Labute approximate surface area is 197 Å². The van der Waals surface area contributed by atoms with Gasteiger partial charge < -0.3 is 23.8 Å². The molecule has 0 aliphatic carbocycles. The highest BCUT2D eigenvalue weighted by Crippen LogP contribution is 2.34. The second-order valence-corrected chi connectivity index (χ2v) is 10.4. The van der Waals surface area contributed by atoms with E-state index in [9.17, 15) is 4.79 Å². The SMILES string of the molecule is Cc1cccc(-c2noc(N3CCOCC3)c2CN(CC2CCCO2)C(=O)CC(C)(C)C)c1. The Balaban J connectivity index is 1.69. The molecule has 0 bridgehead atoms. The van der Waals surface area contributed by atoms with Gasteiger partial charge in [0.25, 0.3) is 0 Å². The van der Waals surface area contributed by atoms with Gasteiger partial charge in [-0.3, -0.25) is 4.79 Å². The number of aryl methyl sites for hydroxylation is 1. The number of morpholine rings is 1. The Morgan fingerprint density at radius 1 is 1.21 bits per heavy atom. The summed E-state index contributed by atoms with van der Waals surface area (Å²) in [7, 11) is 0. The molecule has 180 valence electrons. The number of hydrogen-bond acceptors (Lipinski definition) is 6. The second kappa shape index (κ2) is 10.3. The van der Waals surface area contributed by atoms with Gasteiger partial charge in [-0.15, -0.1) is 0 Å². The lowest BCUT2D eigenvalue weighted by Gasteiger charge is -2.30. The Hall–Kier alpha value is -2.38. The van der Waals surface area contributed by atoms with Crippen molar-refractivity contribution >= 4 is 11.8 Å². The number of nitrogens with zero attached hydrogens (tertiary/aromatic N) is 3. The van der Waals surface area contributed by atoms with Crippen molar-refractivity contribution in [2.45, 2.75) is 59.6 Å². The number of aromatic nitrogens is 1. The van der Waals surface area contributed by atoms with Crippen LogP contribution in [0.3, 0.4) is 0 Å². The monoisotopic (exact) mass is 455 g/mol.